The predicted molar refractivity (Wildman–Crippen MR) is 102 cm³/mol. The fourth-order valence-electron chi connectivity index (χ4n) is 4.00. The monoisotopic (exact) mass is 367 g/mol. The molecule has 0 unspecified atom stereocenters. The summed E-state index contributed by atoms with van der Waals surface area (Å²) in [6, 6.07) is 0.177. The van der Waals surface area contributed by atoms with E-state index in [-0.39, 0.29) is 23.8 Å². The van der Waals surface area contributed by atoms with E-state index < -0.39 is 0 Å². The van der Waals surface area contributed by atoms with Crippen molar-refractivity contribution in [3.05, 3.63) is 0 Å². The predicted octanol–water partition coefficient (Wildman–Crippen LogP) is 3.36. The summed E-state index contributed by atoms with van der Waals surface area (Å²) in [6.07, 6.45) is 6.88. The van der Waals surface area contributed by atoms with Crippen LogP contribution in [0.3, 0.4) is 0 Å². The molecule has 0 atom stereocenters. The molecule has 0 bridgehead atoms. The quantitative estimate of drug-likeness (QED) is 0.569. The molecule has 2 saturated carbocycles. The van der Waals surface area contributed by atoms with Gasteiger partial charge in [-0.15, -0.1) is 0 Å². The first-order valence-corrected chi connectivity index (χ1v) is 10.5. The lowest BCUT2D eigenvalue weighted by Gasteiger charge is -2.35. The zero-order valence-corrected chi connectivity index (χ0v) is 16.8. The summed E-state index contributed by atoms with van der Waals surface area (Å²) in [6.45, 7) is 8.89. The van der Waals surface area contributed by atoms with Crippen molar-refractivity contribution in [2.24, 2.45) is 23.7 Å². The van der Waals surface area contributed by atoms with Crippen LogP contribution < -0.4 is 5.32 Å². The third-order valence-electron chi connectivity index (χ3n) is 5.83. The second kappa shape index (κ2) is 11.0. The van der Waals surface area contributed by atoms with Crippen molar-refractivity contribution in [1.29, 1.82) is 0 Å². The topological polar surface area (TPSA) is 64.6 Å². The Balaban J connectivity index is 1.47. The van der Waals surface area contributed by atoms with E-state index in [2.05, 4.69) is 5.32 Å². The van der Waals surface area contributed by atoms with Crippen LogP contribution in [0.4, 0.5) is 0 Å². The minimum absolute atomic E-state index is 0.0471. The molecule has 5 nitrogen and oxygen atoms in total. The maximum Gasteiger partial charge on any atom is 0.222 e. The Morgan fingerprint density at radius 3 is 2.12 bits per heavy atom. The summed E-state index contributed by atoms with van der Waals surface area (Å²) in [5, 5.41) is 3.02. The van der Waals surface area contributed by atoms with E-state index in [4.69, 9.17) is 9.47 Å². The summed E-state index contributed by atoms with van der Waals surface area (Å²) in [5.74, 6) is 1.96. The molecule has 1 N–H and O–H groups in total. The standard InChI is InChI=1S/C21H37NO4/c1-4-25-13-16-5-7-17(8-6-16)14-26-10-9-20(23)22-19-11-18(12-19)21(24)15(2)3/h15-19H,4-14H2,1-3H3,(H,22,23). The van der Waals surface area contributed by atoms with Crippen molar-refractivity contribution < 1.29 is 19.1 Å². The second-order valence-corrected chi connectivity index (χ2v) is 8.36. The van der Waals surface area contributed by atoms with Gasteiger partial charge in [-0.2, -0.15) is 0 Å². The van der Waals surface area contributed by atoms with E-state index in [1.54, 1.807) is 0 Å². The van der Waals surface area contributed by atoms with E-state index in [1.807, 2.05) is 20.8 Å². The number of ether oxygens (including phenoxy) is 2. The van der Waals surface area contributed by atoms with Crippen LogP contribution in [-0.4, -0.2) is 44.2 Å². The van der Waals surface area contributed by atoms with Crippen LogP contribution in [0.5, 0.6) is 0 Å². The summed E-state index contributed by atoms with van der Waals surface area (Å²) in [7, 11) is 0. The highest BCUT2D eigenvalue weighted by molar-refractivity contribution is 5.84. The molecule has 150 valence electrons. The van der Waals surface area contributed by atoms with Crippen LogP contribution >= 0.6 is 0 Å². The van der Waals surface area contributed by atoms with Crippen molar-refractivity contribution in [3.63, 3.8) is 0 Å². The van der Waals surface area contributed by atoms with Crippen molar-refractivity contribution in [1.82, 2.24) is 5.32 Å². The number of hydrogen-bond acceptors (Lipinski definition) is 4. The third kappa shape index (κ3) is 6.99. The van der Waals surface area contributed by atoms with E-state index in [0.717, 1.165) is 32.7 Å². The normalized spacial score (nSPS) is 28.6. The molecule has 2 rings (SSSR count). The molecular formula is C21H37NO4. The fraction of sp³-hybridized carbons (Fsp3) is 0.905. The molecule has 0 spiro atoms. The van der Waals surface area contributed by atoms with Crippen LogP contribution in [0.1, 0.15) is 65.7 Å². The van der Waals surface area contributed by atoms with Crippen LogP contribution in [-0.2, 0) is 19.1 Å². The first kappa shape index (κ1) is 21.4. The van der Waals surface area contributed by atoms with Gasteiger partial charge in [0.05, 0.1) is 6.61 Å². The number of ketones is 1. The minimum atomic E-state index is 0.0471. The van der Waals surface area contributed by atoms with Gasteiger partial charge in [0.2, 0.25) is 5.91 Å². The Hall–Kier alpha value is -0.940. The summed E-state index contributed by atoms with van der Waals surface area (Å²) in [4.78, 5) is 23.8. The number of nitrogens with one attached hydrogen (secondary N) is 1. The van der Waals surface area contributed by atoms with Crippen LogP contribution in [0, 0.1) is 23.7 Å². The highest BCUT2D eigenvalue weighted by atomic mass is 16.5. The lowest BCUT2D eigenvalue weighted by Crippen LogP contribution is -2.47. The average molecular weight is 368 g/mol. The average Bonchev–Trinajstić information content (AvgIpc) is 2.60. The van der Waals surface area contributed by atoms with Gasteiger partial charge in [0.25, 0.3) is 0 Å². The SMILES string of the molecule is CCOCC1CCC(COCCC(=O)NC2CC(C(=O)C(C)C)C2)CC1. The van der Waals surface area contributed by atoms with Gasteiger partial charge in [-0.25, -0.2) is 0 Å². The molecular weight excluding hydrogens is 330 g/mol. The van der Waals surface area contributed by atoms with Crippen molar-refractivity contribution in [2.45, 2.75) is 71.8 Å². The van der Waals surface area contributed by atoms with E-state index in [9.17, 15) is 9.59 Å². The molecule has 0 radical (unpaired) electrons. The van der Waals surface area contributed by atoms with Gasteiger partial charge in [0, 0.05) is 44.1 Å². The zero-order valence-electron chi connectivity index (χ0n) is 16.8. The summed E-state index contributed by atoms with van der Waals surface area (Å²) < 4.78 is 11.3. The first-order valence-electron chi connectivity index (χ1n) is 10.5. The number of carbonyl (C=O) groups is 2. The highest BCUT2D eigenvalue weighted by Crippen LogP contribution is 2.31. The lowest BCUT2D eigenvalue weighted by atomic mass is 9.75. The summed E-state index contributed by atoms with van der Waals surface area (Å²) >= 11 is 0. The molecule has 26 heavy (non-hydrogen) atoms. The Morgan fingerprint density at radius 2 is 1.58 bits per heavy atom. The van der Waals surface area contributed by atoms with Crippen molar-refractivity contribution >= 4 is 11.7 Å². The van der Waals surface area contributed by atoms with Crippen molar-refractivity contribution in [3.8, 4) is 0 Å². The Labute approximate surface area is 158 Å². The molecule has 0 aromatic heterocycles. The van der Waals surface area contributed by atoms with Crippen LogP contribution in [0.2, 0.25) is 0 Å². The van der Waals surface area contributed by atoms with Gasteiger partial charge in [0.1, 0.15) is 5.78 Å². The Morgan fingerprint density at radius 1 is 1.00 bits per heavy atom. The molecule has 2 fully saturated rings. The van der Waals surface area contributed by atoms with Gasteiger partial charge in [-0.3, -0.25) is 9.59 Å². The number of amides is 1. The van der Waals surface area contributed by atoms with Gasteiger partial charge < -0.3 is 14.8 Å². The fourth-order valence-corrected chi connectivity index (χ4v) is 4.00. The van der Waals surface area contributed by atoms with E-state index in [0.29, 0.717) is 30.6 Å². The lowest BCUT2D eigenvalue weighted by molar-refractivity contribution is -0.131. The molecule has 2 aliphatic carbocycles. The minimum Gasteiger partial charge on any atom is -0.381 e. The van der Waals surface area contributed by atoms with Gasteiger partial charge in [-0.1, -0.05) is 13.8 Å². The molecule has 5 heteroatoms. The molecule has 0 aliphatic heterocycles. The molecule has 0 heterocycles. The zero-order chi connectivity index (χ0) is 18.9. The third-order valence-corrected chi connectivity index (χ3v) is 5.83. The molecule has 2 aliphatic rings. The van der Waals surface area contributed by atoms with Crippen LogP contribution in [0.15, 0.2) is 0 Å². The highest BCUT2D eigenvalue weighted by Gasteiger charge is 2.35. The maximum atomic E-state index is 12.0. The largest absolute Gasteiger partial charge is 0.381 e. The summed E-state index contributed by atoms with van der Waals surface area (Å²) in [5.41, 5.74) is 0. The number of Topliss-reactive ketones (excluding diaryl/α,β-unsaturated/α-hetero) is 1. The van der Waals surface area contributed by atoms with Gasteiger partial charge in [-0.05, 0) is 57.3 Å². The Kier molecular flexibility index (Phi) is 9.06. The number of carbonyl (C=O) groups excluding carboxylic acids is 2. The van der Waals surface area contributed by atoms with Crippen molar-refractivity contribution in [2.75, 3.05) is 26.4 Å². The van der Waals surface area contributed by atoms with E-state index >= 15 is 0 Å². The second-order valence-electron chi connectivity index (χ2n) is 8.36. The Bertz CT molecular complexity index is 437. The van der Waals surface area contributed by atoms with Gasteiger partial charge in [0.15, 0.2) is 0 Å². The number of rotatable bonds is 11. The molecule has 1 amide bonds. The molecule has 0 aromatic carbocycles. The van der Waals surface area contributed by atoms with E-state index in [1.165, 1.54) is 25.7 Å². The smallest absolute Gasteiger partial charge is 0.222 e. The van der Waals surface area contributed by atoms with Crippen LogP contribution in [0.25, 0.3) is 0 Å². The molecule has 0 saturated heterocycles. The first-order chi connectivity index (χ1) is 12.5. The van der Waals surface area contributed by atoms with Gasteiger partial charge >= 0.3 is 0 Å². The number of hydrogen-bond donors (Lipinski definition) is 1. The molecule has 0 aromatic rings. The maximum absolute atomic E-state index is 12.0.